The van der Waals surface area contributed by atoms with Gasteiger partial charge in [-0.15, -0.1) is 24.0 Å². The number of nitrogens with one attached hydrogen (secondary N) is 1. The van der Waals surface area contributed by atoms with Crippen LogP contribution in [-0.4, -0.2) is 19.0 Å². The highest BCUT2D eigenvalue weighted by Gasteiger charge is 1.98. The highest BCUT2D eigenvalue weighted by atomic mass is 127. The fourth-order valence-corrected chi connectivity index (χ4v) is 1.79. The van der Waals surface area contributed by atoms with Crippen molar-refractivity contribution < 1.29 is 0 Å². The number of guanidine groups is 1. The first-order valence-electron chi connectivity index (χ1n) is 6.76. The van der Waals surface area contributed by atoms with Gasteiger partial charge < -0.3 is 11.1 Å². The van der Waals surface area contributed by atoms with E-state index in [9.17, 15) is 0 Å². The van der Waals surface area contributed by atoms with Gasteiger partial charge in [0.1, 0.15) is 0 Å². The molecule has 19 heavy (non-hydrogen) atoms. The van der Waals surface area contributed by atoms with E-state index in [1.54, 1.807) is 0 Å². The van der Waals surface area contributed by atoms with E-state index in [1.165, 1.54) is 11.1 Å². The first-order chi connectivity index (χ1) is 8.63. The molecule has 1 aromatic carbocycles. The molecule has 0 atom stereocenters. The van der Waals surface area contributed by atoms with Crippen molar-refractivity contribution in [1.29, 1.82) is 0 Å². The van der Waals surface area contributed by atoms with Crippen LogP contribution in [0.15, 0.2) is 29.3 Å². The van der Waals surface area contributed by atoms with Crippen LogP contribution in [0.1, 0.15) is 44.2 Å². The molecule has 3 nitrogen and oxygen atoms in total. The number of aliphatic imine (C=N–C) groups is 1. The van der Waals surface area contributed by atoms with Gasteiger partial charge in [-0.05, 0) is 36.8 Å². The standard InChI is InChI=1S/C15H25N3.HI/c1-4-17-15(16)18-11-5-6-13-7-9-14(10-8-13)12(2)3;/h7-10,12H,4-6,11H2,1-3H3,(H3,16,17,18);1H. The Morgan fingerprint density at radius 1 is 1.26 bits per heavy atom. The van der Waals surface area contributed by atoms with E-state index in [0.717, 1.165) is 25.9 Å². The largest absolute Gasteiger partial charge is 0.370 e. The minimum atomic E-state index is 0. The number of nitrogens with two attached hydrogens (primary N) is 1. The molecule has 0 aliphatic carbocycles. The second-order valence-electron chi connectivity index (χ2n) is 4.80. The Morgan fingerprint density at radius 2 is 1.89 bits per heavy atom. The highest BCUT2D eigenvalue weighted by Crippen LogP contribution is 2.15. The smallest absolute Gasteiger partial charge is 0.188 e. The van der Waals surface area contributed by atoms with E-state index in [0.29, 0.717) is 11.9 Å². The van der Waals surface area contributed by atoms with E-state index < -0.39 is 0 Å². The SMILES string of the molecule is CCNC(N)=NCCCc1ccc(C(C)C)cc1.I. The average molecular weight is 375 g/mol. The molecule has 1 rings (SSSR count). The predicted molar refractivity (Wildman–Crippen MR) is 94.4 cm³/mol. The second-order valence-corrected chi connectivity index (χ2v) is 4.80. The number of rotatable bonds is 6. The summed E-state index contributed by atoms with van der Waals surface area (Å²) in [5.74, 6) is 1.15. The van der Waals surface area contributed by atoms with E-state index >= 15 is 0 Å². The molecule has 0 aliphatic heterocycles. The van der Waals surface area contributed by atoms with E-state index in [4.69, 9.17) is 5.73 Å². The van der Waals surface area contributed by atoms with Gasteiger partial charge in [0.2, 0.25) is 0 Å². The molecule has 0 unspecified atom stereocenters. The fraction of sp³-hybridized carbons (Fsp3) is 0.533. The number of aryl methyl sites for hydroxylation is 1. The number of hydrogen-bond donors (Lipinski definition) is 2. The summed E-state index contributed by atoms with van der Waals surface area (Å²) in [6.07, 6.45) is 2.09. The molecule has 0 saturated carbocycles. The maximum Gasteiger partial charge on any atom is 0.188 e. The van der Waals surface area contributed by atoms with Crippen LogP contribution < -0.4 is 11.1 Å². The van der Waals surface area contributed by atoms with Gasteiger partial charge in [-0.1, -0.05) is 38.1 Å². The van der Waals surface area contributed by atoms with E-state index in [2.05, 4.69) is 48.4 Å². The third-order valence-electron chi connectivity index (χ3n) is 2.91. The second kappa shape index (κ2) is 10.1. The summed E-state index contributed by atoms with van der Waals surface area (Å²) in [5.41, 5.74) is 8.42. The molecule has 0 aliphatic rings. The van der Waals surface area contributed by atoms with Crippen LogP contribution in [0.25, 0.3) is 0 Å². The molecule has 0 heterocycles. The monoisotopic (exact) mass is 375 g/mol. The first kappa shape index (κ1) is 18.2. The highest BCUT2D eigenvalue weighted by molar-refractivity contribution is 14.0. The van der Waals surface area contributed by atoms with Gasteiger partial charge in [-0.3, -0.25) is 4.99 Å². The lowest BCUT2D eigenvalue weighted by Gasteiger charge is -2.06. The molecule has 0 amide bonds. The minimum absolute atomic E-state index is 0. The zero-order valence-electron chi connectivity index (χ0n) is 12.1. The molecule has 0 saturated heterocycles. The van der Waals surface area contributed by atoms with Crippen molar-refractivity contribution in [2.45, 2.75) is 39.5 Å². The molecule has 0 bridgehead atoms. The molecule has 3 N–H and O–H groups in total. The Bertz CT molecular complexity index is 371. The van der Waals surface area contributed by atoms with Crippen molar-refractivity contribution in [2.24, 2.45) is 10.7 Å². The number of halogens is 1. The summed E-state index contributed by atoms with van der Waals surface area (Å²) in [4.78, 5) is 4.26. The summed E-state index contributed by atoms with van der Waals surface area (Å²) in [7, 11) is 0. The number of hydrogen-bond acceptors (Lipinski definition) is 1. The Hall–Kier alpha value is -0.780. The summed E-state index contributed by atoms with van der Waals surface area (Å²) < 4.78 is 0. The molecular weight excluding hydrogens is 349 g/mol. The van der Waals surface area contributed by atoms with Crippen molar-refractivity contribution in [3.63, 3.8) is 0 Å². The van der Waals surface area contributed by atoms with Gasteiger partial charge in [-0.2, -0.15) is 0 Å². The van der Waals surface area contributed by atoms with Crippen LogP contribution in [0.2, 0.25) is 0 Å². The van der Waals surface area contributed by atoms with Crippen molar-refractivity contribution in [3.8, 4) is 0 Å². The first-order valence-corrected chi connectivity index (χ1v) is 6.76. The molecular formula is C15H26IN3. The molecule has 4 heteroatoms. The van der Waals surface area contributed by atoms with Crippen LogP contribution >= 0.6 is 24.0 Å². The Kier molecular flexibility index (Phi) is 9.65. The fourth-order valence-electron chi connectivity index (χ4n) is 1.79. The van der Waals surface area contributed by atoms with Gasteiger partial charge >= 0.3 is 0 Å². The lowest BCUT2D eigenvalue weighted by molar-refractivity contribution is 0.816. The Labute approximate surface area is 134 Å². The average Bonchev–Trinajstić information content (AvgIpc) is 2.35. The summed E-state index contributed by atoms with van der Waals surface area (Å²) >= 11 is 0. The van der Waals surface area contributed by atoms with Gasteiger partial charge in [0.05, 0.1) is 0 Å². The molecule has 1 aromatic rings. The van der Waals surface area contributed by atoms with E-state index in [-0.39, 0.29) is 24.0 Å². The maximum atomic E-state index is 5.66. The molecule has 0 fully saturated rings. The van der Waals surface area contributed by atoms with Crippen molar-refractivity contribution >= 4 is 29.9 Å². The summed E-state index contributed by atoms with van der Waals surface area (Å²) in [6.45, 7) is 8.05. The van der Waals surface area contributed by atoms with Gasteiger partial charge in [0.25, 0.3) is 0 Å². The molecule has 0 radical (unpaired) electrons. The molecule has 0 aromatic heterocycles. The van der Waals surface area contributed by atoms with E-state index in [1.807, 2.05) is 6.92 Å². The Balaban J connectivity index is 0.00000324. The van der Waals surface area contributed by atoms with Gasteiger partial charge in [-0.25, -0.2) is 0 Å². The van der Waals surface area contributed by atoms with Crippen LogP contribution in [-0.2, 0) is 6.42 Å². The molecule has 0 spiro atoms. The Morgan fingerprint density at radius 3 is 2.42 bits per heavy atom. The number of benzene rings is 1. The quantitative estimate of drug-likeness (QED) is 0.347. The summed E-state index contributed by atoms with van der Waals surface area (Å²) in [6, 6.07) is 8.87. The normalized spacial score (nSPS) is 11.3. The zero-order valence-corrected chi connectivity index (χ0v) is 14.5. The van der Waals surface area contributed by atoms with Crippen LogP contribution in [0.4, 0.5) is 0 Å². The van der Waals surface area contributed by atoms with Crippen molar-refractivity contribution in [2.75, 3.05) is 13.1 Å². The van der Waals surface area contributed by atoms with Gasteiger partial charge in [0.15, 0.2) is 5.96 Å². The lowest BCUT2D eigenvalue weighted by atomic mass is 10.0. The van der Waals surface area contributed by atoms with Crippen LogP contribution in [0, 0.1) is 0 Å². The maximum absolute atomic E-state index is 5.66. The molecule has 108 valence electrons. The minimum Gasteiger partial charge on any atom is -0.370 e. The van der Waals surface area contributed by atoms with Crippen LogP contribution in [0.3, 0.4) is 0 Å². The topological polar surface area (TPSA) is 50.4 Å². The van der Waals surface area contributed by atoms with Crippen molar-refractivity contribution in [3.05, 3.63) is 35.4 Å². The van der Waals surface area contributed by atoms with Crippen LogP contribution in [0.5, 0.6) is 0 Å². The third kappa shape index (κ3) is 7.40. The zero-order chi connectivity index (χ0) is 13.4. The lowest BCUT2D eigenvalue weighted by Crippen LogP contribution is -2.31. The third-order valence-corrected chi connectivity index (χ3v) is 2.91. The predicted octanol–water partition coefficient (Wildman–Crippen LogP) is 3.28. The summed E-state index contributed by atoms with van der Waals surface area (Å²) in [5, 5.41) is 2.99. The van der Waals surface area contributed by atoms with Crippen molar-refractivity contribution in [1.82, 2.24) is 5.32 Å². The number of nitrogens with zero attached hydrogens (tertiary/aromatic N) is 1. The van der Waals surface area contributed by atoms with Gasteiger partial charge in [0, 0.05) is 13.1 Å².